The number of hydrogen-bond donors (Lipinski definition) is 1. The van der Waals surface area contributed by atoms with Crippen molar-refractivity contribution < 1.29 is 14.0 Å². The van der Waals surface area contributed by atoms with Crippen LogP contribution in [0.3, 0.4) is 0 Å². The van der Waals surface area contributed by atoms with E-state index in [2.05, 4.69) is 16.9 Å². The van der Waals surface area contributed by atoms with Crippen molar-refractivity contribution in [2.75, 3.05) is 7.05 Å². The first-order valence-electron chi connectivity index (χ1n) is 14.4. The number of likely N-dealkylation sites (N-methyl/N-ethyl adjacent to an activating group) is 1. The minimum Gasteiger partial charge on any atom is -0.325 e. The molecule has 43 heavy (non-hydrogen) atoms. The second-order valence-corrected chi connectivity index (χ2v) is 10.2. The molecule has 8 heteroatoms. The monoisotopic (exact) mass is 585 g/mol. The van der Waals surface area contributed by atoms with Crippen LogP contribution < -0.4 is 5.32 Å². The Kier molecular flexibility index (Phi) is 13.5. The Morgan fingerprint density at radius 3 is 2.47 bits per heavy atom. The molecule has 228 valence electrons. The van der Waals surface area contributed by atoms with E-state index in [4.69, 9.17) is 4.99 Å². The van der Waals surface area contributed by atoms with Gasteiger partial charge in [-0.1, -0.05) is 49.9 Å². The molecular weight excluding hydrogens is 541 g/mol. The van der Waals surface area contributed by atoms with Gasteiger partial charge in [0, 0.05) is 30.0 Å². The SMILES string of the molecule is C=Cc1cc(CN(C=O)/C(=N\C(=O)N(C)C(/C=C(C)\C=C/C)=C/C)NC2=CC(=C/C)/C(=N\C(C)C)C=C2CC)ccc1F. The van der Waals surface area contributed by atoms with E-state index in [0.29, 0.717) is 35.4 Å². The van der Waals surface area contributed by atoms with Crippen LogP contribution in [0.1, 0.15) is 66.0 Å². The lowest BCUT2D eigenvalue weighted by atomic mass is 9.95. The van der Waals surface area contributed by atoms with Crippen molar-refractivity contribution in [3.05, 3.63) is 112 Å². The van der Waals surface area contributed by atoms with Gasteiger partial charge in [0.05, 0.1) is 12.3 Å². The molecule has 0 saturated heterocycles. The van der Waals surface area contributed by atoms with Crippen molar-refractivity contribution in [2.45, 2.75) is 67.5 Å². The van der Waals surface area contributed by atoms with Gasteiger partial charge in [0.25, 0.3) is 0 Å². The summed E-state index contributed by atoms with van der Waals surface area (Å²) >= 11 is 0. The lowest BCUT2D eigenvalue weighted by molar-refractivity contribution is -0.115. The van der Waals surface area contributed by atoms with Crippen LogP contribution in [0, 0.1) is 5.82 Å². The van der Waals surface area contributed by atoms with Gasteiger partial charge in [-0.2, -0.15) is 4.99 Å². The van der Waals surface area contributed by atoms with Crippen LogP contribution in [0.4, 0.5) is 9.18 Å². The summed E-state index contributed by atoms with van der Waals surface area (Å²) in [5.74, 6) is -0.380. The van der Waals surface area contributed by atoms with Crippen molar-refractivity contribution >= 4 is 30.2 Å². The molecule has 7 nitrogen and oxygen atoms in total. The highest BCUT2D eigenvalue weighted by atomic mass is 19.1. The number of halogens is 1. The summed E-state index contributed by atoms with van der Waals surface area (Å²) in [6.07, 6.45) is 16.2. The van der Waals surface area contributed by atoms with Gasteiger partial charge in [-0.15, -0.1) is 0 Å². The standard InChI is InChI=1S/C35H44FN5O2/c1-10-15-25(8)18-30(14-5)40(9)35(43)39-34(41(23-42)22-26-16-17-31(36)27(11-2)19-26)38-33-21-28(12-3)32(37-24(6)7)20-29(33)13-4/h10-12,14-21,23-24H,2,13,22H2,1,3-9H3,(H,38,39,43)/b15-10-,25-18-,28-12-,30-14+,37-32-. The summed E-state index contributed by atoms with van der Waals surface area (Å²) in [4.78, 5) is 37.9. The zero-order valence-corrected chi connectivity index (χ0v) is 26.6. The Balaban J connectivity index is 2.63. The van der Waals surface area contributed by atoms with E-state index in [1.165, 1.54) is 21.9 Å². The van der Waals surface area contributed by atoms with Crippen LogP contribution in [0.25, 0.3) is 6.08 Å². The van der Waals surface area contributed by atoms with Gasteiger partial charge in [-0.05, 0) is 101 Å². The minimum absolute atomic E-state index is 0.0336. The van der Waals surface area contributed by atoms with Gasteiger partial charge in [0.15, 0.2) is 0 Å². The molecule has 0 aliphatic heterocycles. The smallest absolute Gasteiger partial charge is 0.325 e. The fraction of sp³-hybridized carbons (Fsp3) is 0.314. The Labute approximate surface area is 256 Å². The van der Waals surface area contributed by atoms with Gasteiger partial charge in [0.1, 0.15) is 5.82 Å². The Morgan fingerprint density at radius 1 is 1.19 bits per heavy atom. The second kappa shape index (κ2) is 16.8. The van der Waals surface area contributed by atoms with E-state index in [9.17, 15) is 14.0 Å². The number of guanidine groups is 1. The number of nitrogens with one attached hydrogen (secondary N) is 1. The van der Waals surface area contributed by atoms with Gasteiger partial charge >= 0.3 is 6.03 Å². The van der Waals surface area contributed by atoms with E-state index >= 15 is 0 Å². The molecule has 3 amide bonds. The molecule has 1 aliphatic rings. The molecular formula is C35H44FN5O2. The number of carbonyl (C=O) groups excluding carboxylic acids is 2. The van der Waals surface area contributed by atoms with Gasteiger partial charge in [-0.25, -0.2) is 9.18 Å². The van der Waals surface area contributed by atoms with E-state index in [1.54, 1.807) is 19.2 Å². The number of rotatable bonds is 10. The molecule has 0 atom stereocenters. The molecule has 0 radical (unpaired) electrons. The molecule has 1 aliphatic carbocycles. The summed E-state index contributed by atoms with van der Waals surface area (Å²) in [6, 6.07) is 4.05. The third-order valence-electron chi connectivity index (χ3n) is 6.60. The molecule has 0 bridgehead atoms. The van der Waals surface area contributed by atoms with Crippen LogP contribution in [-0.2, 0) is 11.3 Å². The number of urea groups is 1. The summed E-state index contributed by atoms with van der Waals surface area (Å²) in [7, 11) is 1.63. The molecule has 0 unspecified atom stereocenters. The highest BCUT2D eigenvalue weighted by Crippen LogP contribution is 2.23. The van der Waals surface area contributed by atoms with Gasteiger partial charge in [-0.3, -0.25) is 19.6 Å². The van der Waals surface area contributed by atoms with Crippen molar-refractivity contribution in [2.24, 2.45) is 9.98 Å². The molecule has 1 aromatic rings. The zero-order chi connectivity index (χ0) is 32.1. The quantitative estimate of drug-likeness (QED) is 0.131. The lowest BCUT2D eigenvalue weighted by Gasteiger charge is -2.26. The molecule has 0 heterocycles. The van der Waals surface area contributed by atoms with E-state index < -0.39 is 11.8 Å². The zero-order valence-electron chi connectivity index (χ0n) is 26.6. The van der Waals surface area contributed by atoms with E-state index in [1.807, 2.05) is 91.0 Å². The Hall–Kier alpha value is -4.59. The maximum absolute atomic E-state index is 14.1. The molecule has 0 saturated carbocycles. The number of carbonyl (C=O) groups is 2. The minimum atomic E-state index is -0.579. The molecule has 1 N–H and O–H groups in total. The van der Waals surface area contributed by atoms with Crippen LogP contribution in [0.15, 0.2) is 105 Å². The van der Waals surface area contributed by atoms with E-state index in [-0.39, 0.29) is 18.5 Å². The van der Waals surface area contributed by atoms with Crippen molar-refractivity contribution in [3.8, 4) is 0 Å². The highest BCUT2D eigenvalue weighted by Gasteiger charge is 2.22. The summed E-state index contributed by atoms with van der Waals surface area (Å²) in [5, 5.41) is 3.26. The molecule has 0 spiro atoms. The topological polar surface area (TPSA) is 77.4 Å². The summed E-state index contributed by atoms with van der Waals surface area (Å²) < 4.78 is 14.1. The maximum Gasteiger partial charge on any atom is 0.350 e. The van der Waals surface area contributed by atoms with Crippen LogP contribution in [-0.4, -0.2) is 47.0 Å². The number of nitrogens with zero attached hydrogens (tertiary/aromatic N) is 4. The van der Waals surface area contributed by atoms with Crippen molar-refractivity contribution in [1.29, 1.82) is 0 Å². The fourth-order valence-corrected chi connectivity index (χ4v) is 4.36. The van der Waals surface area contributed by atoms with Crippen molar-refractivity contribution in [1.82, 2.24) is 15.1 Å². The van der Waals surface area contributed by atoms with Crippen molar-refractivity contribution in [3.63, 3.8) is 0 Å². The van der Waals surface area contributed by atoms with Gasteiger partial charge in [0.2, 0.25) is 12.4 Å². The Bertz CT molecular complexity index is 1450. The van der Waals surface area contributed by atoms with Gasteiger partial charge < -0.3 is 5.32 Å². The average molecular weight is 586 g/mol. The number of aliphatic imine (C=N–C) groups is 2. The van der Waals surface area contributed by atoms with Crippen LogP contribution >= 0.6 is 0 Å². The third-order valence-corrected chi connectivity index (χ3v) is 6.60. The Morgan fingerprint density at radius 2 is 1.91 bits per heavy atom. The number of benzene rings is 1. The predicted octanol–water partition coefficient (Wildman–Crippen LogP) is 7.88. The highest BCUT2D eigenvalue weighted by molar-refractivity contribution is 6.13. The maximum atomic E-state index is 14.1. The summed E-state index contributed by atoms with van der Waals surface area (Å²) in [6.45, 7) is 17.4. The first kappa shape index (κ1) is 34.6. The van der Waals surface area contributed by atoms with Crippen LogP contribution in [0.2, 0.25) is 0 Å². The average Bonchev–Trinajstić information content (AvgIpc) is 2.98. The molecule has 2 rings (SSSR count). The normalized spacial score (nSPS) is 16.5. The fourth-order valence-electron chi connectivity index (χ4n) is 4.36. The first-order valence-corrected chi connectivity index (χ1v) is 14.4. The third kappa shape index (κ3) is 9.74. The summed E-state index contributed by atoms with van der Waals surface area (Å²) in [5.41, 5.74) is 5.97. The number of hydrogen-bond acceptors (Lipinski definition) is 3. The predicted molar refractivity (Wildman–Crippen MR) is 177 cm³/mol. The first-order chi connectivity index (χ1) is 20.5. The molecule has 0 aromatic heterocycles. The largest absolute Gasteiger partial charge is 0.350 e. The molecule has 0 fully saturated rings. The molecule has 1 aromatic carbocycles. The lowest BCUT2D eigenvalue weighted by Crippen LogP contribution is -2.42. The van der Waals surface area contributed by atoms with E-state index in [0.717, 1.165) is 22.4 Å². The number of amides is 3. The second-order valence-electron chi connectivity index (χ2n) is 10.2. The number of allylic oxidation sites excluding steroid dienone is 10. The van der Waals surface area contributed by atoms with Crippen LogP contribution in [0.5, 0.6) is 0 Å².